The Hall–Kier alpha value is -1.28. The van der Waals surface area contributed by atoms with Crippen LogP contribution < -0.4 is 0 Å². The summed E-state index contributed by atoms with van der Waals surface area (Å²) in [5.41, 5.74) is 0. The molecule has 0 bridgehead atoms. The normalized spacial score (nSPS) is 16.0. The number of rotatable bonds is 7. The van der Waals surface area contributed by atoms with E-state index >= 15 is 0 Å². The fourth-order valence-electron chi connectivity index (χ4n) is 0.819. The van der Waals surface area contributed by atoms with Gasteiger partial charge in [-0.3, -0.25) is 4.79 Å². The van der Waals surface area contributed by atoms with Gasteiger partial charge in [-0.1, -0.05) is 6.58 Å². The third-order valence-corrected chi connectivity index (χ3v) is 1.77. The Balaban J connectivity index is 4.16. The van der Waals surface area contributed by atoms with Crippen LogP contribution in [0.15, 0.2) is 12.7 Å². The van der Waals surface area contributed by atoms with Crippen LogP contribution in [0.5, 0.6) is 0 Å². The van der Waals surface area contributed by atoms with Crippen LogP contribution in [0.4, 0.5) is 0 Å². The van der Waals surface area contributed by atoms with E-state index < -0.39 is 43.3 Å². The van der Waals surface area contributed by atoms with E-state index in [0.717, 1.165) is 6.08 Å². The Morgan fingerprint density at radius 1 is 1.31 bits per heavy atom. The van der Waals surface area contributed by atoms with E-state index in [1.54, 1.807) is 0 Å². The topological polar surface area (TPSA) is 124 Å². The van der Waals surface area contributed by atoms with Crippen molar-refractivity contribution >= 4 is 11.8 Å². The number of aliphatic hydroxyl groups is 4. The molecule has 0 radical (unpaired) electrons. The average Bonchev–Trinajstić information content (AvgIpc) is 2.32. The van der Waals surface area contributed by atoms with E-state index in [1.807, 2.05) is 0 Å². The lowest BCUT2D eigenvalue weighted by Crippen LogP contribution is -2.45. The van der Waals surface area contributed by atoms with Gasteiger partial charge in [0.05, 0.1) is 0 Å². The molecular formula is C9H14O7. The van der Waals surface area contributed by atoms with Gasteiger partial charge in [0.15, 0.2) is 5.78 Å². The third-order valence-electron chi connectivity index (χ3n) is 1.77. The highest BCUT2D eigenvalue weighted by molar-refractivity contribution is 5.84. The molecular weight excluding hydrogens is 220 g/mol. The second-order valence-electron chi connectivity index (χ2n) is 2.96. The van der Waals surface area contributed by atoms with Gasteiger partial charge in [0, 0.05) is 6.08 Å². The Kier molecular flexibility index (Phi) is 6.50. The van der Waals surface area contributed by atoms with Gasteiger partial charge in [-0.15, -0.1) is 0 Å². The summed E-state index contributed by atoms with van der Waals surface area (Å²) < 4.78 is 4.39. The van der Waals surface area contributed by atoms with Crippen LogP contribution in [0.1, 0.15) is 0 Å². The predicted molar refractivity (Wildman–Crippen MR) is 51.3 cm³/mol. The molecule has 0 saturated carbocycles. The summed E-state index contributed by atoms with van der Waals surface area (Å²) in [4.78, 5) is 21.4. The lowest BCUT2D eigenvalue weighted by Gasteiger charge is -2.20. The SMILES string of the molecule is C=CC(=O)OC[C@@H](O)[C@H](O)[C@@H](O)C(=O)CO. The van der Waals surface area contributed by atoms with Crippen LogP contribution in [-0.2, 0) is 14.3 Å². The molecule has 0 unspecified atom stereocenters. The van der Waals surface area contributed by atoms with Crippen molar-refractivity contribution in [1.29, 1.82) is 0 Å². The fraction of sp³-hybridized carbons (Fsp3) is 0.556. The second kappa shape index (κ2) is 7.07. The van der Waals surface area contributed by atoms with Gasteiger partial charge in [0.25, 0.3) is 0 Å². The van der Waals surface area contributed by atoms with Gasteiger partial charge < -0.3 is 25.2 Å². The van der Waals surface area contributed by atoms with Crippen molar-refractivity contribution < 1.29 is 34.8 Å². The van der Waals surface area contributed by atoms with Crippen LogP contribution in [-0.4, -0.2) is 63.7 Å². The highest BCUT2D eigenvalue weighted by Gasteiger charge is 2.30. The molecule has 0 aromatic carbocycles. The maximum Gasteiger partial charge on any atom is 0.330 e. The number of carbonyl (C=O) groups is 2. The van der Waals surface area contributed by atoms with Crippen LogP contribution in [0, 0.1) is 0 Å². The van der Waals surface area contributed by atoms with E-state index in [-0.39, 0.29) is 0 Å². The molecule has 16 heavy (non-hydrogen) atoms. The summed E-state index contributed by atoms with van der Waals surface area (Å²) in [6.45, 7) is 1.55. The Morgan fingerprint density at radius 3 is 2.31 bits per heavy atom. The molecule has 0 heterocycles. The number of esters is 1. The molecule has 0 amide bonds. The number of hydrogen-bond acceptors (Lipinski definition) is 7. The molecule has 0 rings (SSSR count). The minimum absolute atomic E-state index is 0.595. The zero-order valence-corrected chi connectivity index (χ0v) is 8.44. The monoisotopic (exact) mass is 234 g/mol. The first-order chi connectivity index (χ1) is 7.43. The number of ketones is 1. The third kappa shape index (κ3) is 4.49. The van der Waals surface area contributed by atoms with Crippen LogP contribution in [0.3, 0.4) is 0 Å². The molecule has 0 aliphatic heterocycles. The largest absolute Gasteiger partial charge is 0.460 e. The van der Waals surface area contributed by atoms with E-state index in [0.29, 0.717) is 0 Å². The molecule has 0 spiro atoms. The number of aliphatic hydroxyl groups excluding tert-OH is 4. The lowest BCUT2D eigenvalue weighted by molar-refractivity contribution is -0.151. The van der Waals surface area contributed by atoms with Crippen LogP contribution in [0.25, 0.3) is 0 Å². The second-order valence-corrected chi connectivity index (χ2v) is 2.96. The number of hydrogen-bond donors (Lipinski definition) is 4. The molecule has 0 aromatic heterocycles. The first-order valence-electron chi connectivity index (χ1n) is 4.41. The highest BCUT2D eigenvalue weighted by atomic mass is 16.5. The van der Waals surface area contributed by atoms with E-state index in [9.17, 15) is 19.8 Å². The van der Waals surface area contributed by atoms with Gasteiger partial charge in [0.1, 0.15) is 31.5 Å². The van der Waals surface area contributed by atoms with Gasteiger partial charge in [-0.05, 0) is 0 Å². The lowest BCUT2D eigenvalue weighted by atomic mass is 10.1. The average molecular weight is 234 g/mol. The maximum atomic E-state index is 10.8. The van der Waals surface area contributed by atoms with Gasteiger partial charge in [-0.2, -0.15) is 0 Å². The van der Waals surface area contributed by atoms with Crippen molar-refractivity contribution in [1.82, 2.24) is 0 Å². The molecule has 0 fully saturated rings. The van der Waals surface area contributed by atoms with Gasteiger partial charge in [0.2, 0.25) is 0 Å². The number of Topliss-reactive ketones (excluding diaryl/α,β-unsaturated/α-hetero) is 1. The highest BCUT2D eigenvalue weighted by Crippen LogP contribution is 2.02. The molecule has 0 aliphatic rings. The number of carbonyl (C=O) groups excluding carboxylic acids is 2. The minimum Gasteiger partial charge on any atom is -0.460 e. The Labute approximate surface area is 91.6 Å². The van der Waals surface area contributed by atoms with Gasteiger partial charge >= 0.3 is 5.97 Å². The molecule has 7 heteroatoms. The fourth-order valence-corrected chi connectivity index (χ4v) is 0.819. The summed E-state index contributed by atoms with van der Waals surface area (Å²) in [6.07, 6.45) is -4.54. The molecule has 0 saturated heterocycles. The molecule has 0 aliphatic carbocycles. The summed E-state index contributed by atoms with van der Waals surface area (Å²) in [7, 11) is 0. The van der Waals surface area contributed by atoms with E-state index in [1.165, 1.54) is 0 Å². The van der Waals surface area contributed by atoms with Crippen molar-refractivity contribution in [3.63, 3.8) is 0 Å². The summed E-state index contributed by atoms with van der Waals surface area (Å²) >= 11 is 0. The van der Waals surface area contributed by atoms with Crippen molar-refractivity contribution in [2.45, 2.75) is 18.3 Å². The molecule has 4 N–H and O–H groups in total. The summed E-state index contributed by atoms with van der Waals surface area (Å²) in [6, 6.07) is 0. The van der Waals surface area contributed by atoms with E-state index in [4.69, 9.17) is 10.2 Å². The van der Waals surface area contributed by atoms with Crippen molar-refractivity contribution in [2.75, 3.05) is 13.2 Å². The van der Waals surface area contributed by atoms with Gasteiger partial charge in [-0.25, -0.2) is 4.79 Å². The van der Waals surface area contributed by atoms with Crippen molar-refractivity contribution in [2.24, 2.45) is 0 Å². The quantitative estimate of drug-likeness (QED) is 0.280. The van der Waals surface area contributed by atoms with Crippen LogP contribution in [0.2, 0.25) is 0 Å². The minimum atomic E-state index is -1.93. The maximum absolute atomic E-state index is 10.8. The smallest absolute Gasteiger partial charge is 0.330 e. The molecule has 7 nitrogen and oxygen atoms in total. The summed E-state index contributed by atoms with van der Waals surface area (Å²) in [5.74, 6) is -1.85. The zero-order valence-electron chi connectivity index (χ0n) is 8.44. The molecule has 0 aromatic rings. The summed E-state index contributed by atoms with van der Waals surface area (Å²) in [5, 5.41) is 35.9. The van der Waals surface area contributed by atoms with Crippen molar-refractivity contribution in [3.8, 4) is 0 Å². The van der Waals surface area contributed by atoms with Crippen molar-refractivity contribution in [3.05, 3.63) is 12.7 Å². The number of ether oxygens (including phenoxy) is 1. The standard InChI is InChI=1S/C9H14O7/c1-2-7(13)16-4-6(12)9(15)8(14)5(11)3-10/h2,6,8-10,12,14-15H,1,3-4H2/t6-,8+,9+/m1/s1. The zero-order chi connectivity index (χ0) is 12.7. The molecule has 3 atom stereocenters. The first-order valence-corrected chi connectivity index (χ1v) is 4.41. The Bertz CT molecular complexity index is 263. The van der Waals surface area contributed by atoms with E-state index in [2.05, 4.69) is 11.3 Å². The molecule has 92 valence electrons. The predicted octanol–water partition coefficient (Wildman–Crippen LogP) is -2.64. The first kappa shape index (κ1) is 14.7. The van der Waals surface area contributed by atoms with Crippen LogP contribution >= 0.6 is 0 Å². The Morgan fingerprint density at radius 2 is 1.88 bits per heavy atom.